The molecule has 0 aliphatic carbocycles. The lowest BCUT2D eigenvalue weighted by atomic mass is 10.2. The summed E-state index contributed by atoms with van der Waals surface area (Å²) in [6, 6.07) is 3.99. The van der Waals surface area contributed by atoms with Crippen molar-refractivity contribution >= 4 is 58.0 Å². The van der Waals surface area contributed by atoms with Gasteiger partial charge in [-0.3, -0.25) is 4.79 Å². The summed E-state index contributed by atoms with van der Waals surface area (Å²) in [7, 11) is 0. The Morgan fingerprint density at radius 1 is 1.14 bits per heavy atom. The molecule has 0 saturated heterocycles. The normalized spacial score (nSPS) is 10.6. The second-order valence-electron chi connectivity index (χ2n) is 4.11. The summed E-state index contributed by atoms with van der Waals surface area (Å²) in [4.78, 5) is 16.0. The molecule has 2 aromatic rings. The lowest BCUT2D eigenvalue weighted by Gasteiger charge is -2.10. The summed E-state index contributed by atoms with van der Waals surface area (Å²) in [5.41, 5.74) is 0.770. The van der Waals surface area contributed by atoms with Crippen LogP contribution in [0.1, 0.15) is 16.1 Å². The highest BCUT2D eigenvalue weighted by Crippen LogP contribution is 2.36. The van der Waals surface area contributed by atoms with Gasteiger partial charge in [-0.15, -0.1) is 0 Å². The number of halogens is 5. The van der Waals surface area contributed by atoms with Gasteiger partial charge in [0.05, 0.1) is 15.1 Å². The average Bonchev–Trinajstić information content (AvgIpc) is 2.44. The standard InChI is InChI=1S/C13H7Cl4FN2O/c1-5-2-3-6(18)4-7(5)19-13(21)11-9(15)8(14)10(16)12(17)20-11/h2-4H,1H3,(H,19,21). The summed E-state index contributed by atoms with van der Waals surface area (Å²) in [5, 5.41) is 2.11. The van der Waals surface area contributed by atoms with Crippen LogP contribution in [0.15, 0.2) is 18.2 Å². The van der Waals surface area contributed by atoms with E-state index in [1.54, 1.807) is 6.92 Å². The van der Waals surface area contributed by atoms with Crippen LogP contribution in [-0.4, -0.2) is 10.9 Å². The Bertz CT molecular complexity index is 737. The number of aromatic nitrogens is 1. The second-order valence-corrected chi connectivity index (χ2v) is 5.60. The number of aryl methyl sites for hydroxylation is 1. The minimum Gasteiger partial charge on any atom is -0.320 e. The summed E-state index contributed by atoms with van der Waals surface area (Å²) >= 11 is 23.3. The van der Waals surface area contributed by atoms with E-state index in [4.69, 9.17) is 46.4 Å². The molecule has 3 nitrogen and oxygen atoms in total. The number of carbonyl (C=O) groups excluding carboxylic acids is 1. The zero-order chi connectivity index (χ0) is 15.7. The molecular formula is C13H7Cl4FN2O. The fourth-order valence-electron chi connectivity index (χ4n) is 1.55. The molecule has 0 saturated carbocycles. The van der Waals surface area contributed by atoms with Crippen molar-refractivity contribution in [3.63, 3.8) is 0 Å². The van der Waals surface area contributed by atoms with Crippen molar-refractivity contribution in [1.29, 1.82) is 0 Å². The van der Waals surface area contributed by atoms with Gasteiger partial charge in [-0.05, 0) is 24.6 Å². The number of nitrogens with one attached hydrogen (secondary N) is 1. The van der Waals surface area contributed by atoms with E-state index in [1.807, 2.05) is 0 Å². The van der Waals surface area contributed by atoms with Crippen molar-refractivity contribution in [3.05, 3.63) is 55.5 Å². The van der Waals surface area contributed by atoms with Crippen LogP contribution in [0.5, 0.6) is 0 Å². The Hall–Kier alpha value is -1.07. The highest BCUT2D eigenvalue weighted by Gasteiger charge is 2.20. The van der Waals surface area contributed by atoms with Gasteiger partial charge in [0.1, 0.15) is 16.7 Å². The zero-order valence-corrected chi connectivity index (χ0v) is 13.5. The predicted molar refractivity (Wildman–Crippen MR) is 83.4 cm³/mol. The van der Waals surface area contributed by atoms with E-state index in [9.17, 15) is 9.18 Å². The minimum atomic E-state index is -0.672. The molecule has 8 heteroatoms. The summed E-state index contributed by atoms with van der Waals surface area (Å²) in [6.45, 7) is 1.71. The third-order valence-corrected chi connectivity index (χ3v) is 4.32. The van der Waals surface area contributed by atoms with Crippen LogP contribution in [0.2, 0.25) is 20.2 Å². The first-order valence-corrected chi connectivity index (χ1v) is 7.10. The van der Waals surface area contributed by atoms with E-state index < -0.39 is 11.7 Å². The molecule has 21 heavy (non-hydrogen) atoms. The fraction of sp³-hybridized carbons (Fsp3) is 0.0769. The Kier molecular flexibility index (Phi) is 4.94. The monoisotopic (exact) mass is 366 g/mol. The van der Waals surface area contributed by atoms with Gasteiger partial charge in [0.2, 0.25) is 0 Å². The molecule has 1 aromatic heterocycles. The van der Waals surface area contributed by atoms with E-state index in [1.165, 1.54) is 18.2 Å². The fourth-order valence-corrected chi connectivity index (χ4v) is 2.36. The van der Waals surface area contributed by atoms with E-state index >= 15 is 0 Å². The van der Waals surface area contributed by atoms with Crippen LogP contribution in [-0.2, 0) is 0 Å². The largest absolute Gasteiger partial charge is 0.320 e. The zero-order valence-electron chi connectivity index (χ0n) is 10.5. The molecule has 0 aliphatic heterocycles. The smallest absolute Gasteiger partial charge is 0.275 e. The van der Waals surface area contributed by atoms with Crippen LogP contribution in [0.25, 0.3) is 0 Å². The minimum absolute atomic E-state index is 0.0400. The molecule has 0 radical (unpaired) electrons. The van der Waals surface area contributed by atoms with Crippen molar-refractivity contribution in [1.82, 2.24) is 4.98 Å². The molecule has 1 amide bonds. The topological polar surface area (TPSA) is 42.0 Å². The van der Waals surface area contributed by atoms with Gasteiger partial charge in [0, 0.05) is 5.69 Å². The van der Waals surface area contributed by atoms with Gasteiger partial charge in [0.15, 0.2) is 0 Å². The van der Waals surface area contributed by atoms with Gasteiger partial charge in [-0.25, -0.2) is 9.37 Å². The van der Waals surface area contributed by atoms with Crippen LogP contribution in [0.4, 0.5) is 10.1 Å². The number of hydrogen-bond acceptors (Lipinski definition) is 2. The number of benzene rings is 1. The number of carbonyl (C=O) groups is 1. The van der Waals surface area contributed by atoms with Crippen molar-refractivity contribution in [2.45, 2.75) is 6.92 Å². The highest BCUT2D eigenvalue weighted by molar-refractivity contribution is 6.52. The van der Waals surface area contributed by atoms with Crippen LogP contribution in [0.3, 0.4) is 0 Å². The summed E-state index contributed by atoms with van der Waals surface area (Å²) < 4.78 is 13.2. The number of nitrogens with zero attached hydrogens (tertiary/aromatic N) is 1. The lowest BCUT2D eigenvalue weighted by molar-refractivity contribution is 0.102. The molecule has 0 fully saturated rings. The van der Waals surface area contributed by atoms with E-state index in [-0.39, 0.29) is 25.9 Å². The molecular weight excluding hydrogens is 361 g/mol. The molecule has 0 atom stereocenters. The van der Waals surface area contributed by atoms with Crippen LogP contribution < -0.4 is 5.32 Å². The molecule has 1 heterocycles. The van der Waals surface area contributed by atoms with Gasteiger partial charge in [0.25, 0.3) is 5.91 Å². The van der Waals surface area contributed by atoms with Gasteiger partial charge in [-0.1, -0.05) is 52.5 Å². The maximum Gasteiger partial charge on any atom is 0.275 e. The maximum atomic E-state index is 13.2. The Morgan fingerprint density at radius 2 is 1.81 bits per heavy atom. The first-order valence-electron chi connectivity index (χ1n) is 5.58. The molecule has 0 aliphatic rings. The van der Waals surface area contributed by atoms with E-state index in [2.05, 4.69) is 10.3 Å². The number of hydrogen-bond donors (Lipinski definition) is 1. The third kappa shape index (κ3) is 3.40. The quantitative estimate of drug-likeness (QED) is 0.722. The Morgan fingerprint density at radius 3 is 2.48 bits per heavy atom. The van der Waals surface area contributed by atoms with E-state index in [0.29, 0.717) is 11.3 Å². The number of anilines is 1. The molecule has 0 spiro atoms. The van der Waals surface area contributed by atoms with Crippen molar-refractivity contribution < 1.29 is 9.18 Å². The summed E-state index contributed by atoms with van der Waals surface area (Å²) in [5.74, 6) is -1.16. The van der Waals surface area contributed by atoms with Gasteiger partial charge >= 0.3 is 0 Å². The van der Waals surface area contributed by atoms with Crippen molar-refractivity contribution in [3.8, 4) is 0 Å². The predicted octanol–water partition coefficient (Wildman–Crippen LogP) is 5.40. The molecule has 1 N–H and O–H groups in total. The molecule has 0 bridgehead atoms. The molecule has 2 rings (SSSR count). The lowest BCUT2D eigenvalue weighted by Crippen LogP contribution is -2.15. The first kappa shape index (κ1) is 16.3. The Balaban J connectivity index is 2.40. The van der Waals surface area contributed by atoms with Gasteiger partial charge < -0.3 is 5.32 Å². The number of amides is 1. The molecule has 1 aromatic carbocycles. The third-order valence-electron chi connectivity index (χ3n) is 2.65. The summed E-state index contributed by atoms with van der Waals surface area (Å²) in [6.07, 6.45) is 0. The number of pyridine rings is 1. The van der Waals surface area contributed by atoms with Crippen molar-refractivity contribution in [2.24, 2.45) is 0 Å². The second kappa shape index (κ2) is 6.36. The SMILES string of the molecule is Cc1ccc(F)cc1NC(=O)c1nc(Cl)c(Cl)c(Cl)c1Cl. The van der Waals surface area contributed by atoms with Gasteiger partial charge in [-0.2, -0.15) is 0 Å². The van der Waals surface area contributed by atoms with Crippen molar-refractivity contribution in [2.75, 3.05) is 5.32 Å². The van der Waals surface area contributed by atoms with Crippen LogP contribution in [0, 0.1) is 12.7 Å². The first-order chi connectivity index (χ1) is 9.81. The van der Waals surface area contributed by atoms with Crippen LogP contribution >= 0.6 is 46.4 Å². The number of rotatable bonds is 2. The highest BCUT2D eigenvalue weighted by atomic mass is 35.5. The van der Waals surface area contributed by atoms with E-state index in [0.717, 1.165) is 0 Å². The average molecular weight is 368 g/mol. The molecule has 110 valence electrons. The molecule has 0 unspecified atom stereocenters. The Labute approximate surface area is 140 Å². The maximum absolute atomic E-state index is 13.2.